The number of sulfonamides is 1. The van der Waals surface area contributed by atoms with Crippen molar-refractivity contribution in [3.8, 4) is 0 Å². The standard InChI is InChI=1S/C19H21BrClN3O3S/c20-16-5-7-17(8-6-16)28(26,27)24-11-9-23(10-12-24)14-19(25)22-13-15-3-1-2-4-18(15)21/h1-8H,9-14H2,(H,22,25). The van der Waals surface area contributed by atoms with E-state index in [0.29, 0.717) is 37.7 Å². The minimum atomic E-state index is -3.51. The van der Waals surface area contributed by atoms with Crippen molar-refractivity contribution in [3.05, 3.63) is 63.6 Å². The maximum absolute atomic E-state index is 12.7. The Bertz CT molecular complexity index is 930. The molecule has 0 aromatic heterocycles. The predicted octanol–water partition coefficient (Wildman–Crippen LogP) is 2.73. The van der Waals surface area contributed by atoms with Gasteiger partial charge in [-0.3, -0.25) is 9.69 Å². The Morgan fingerprint density at radius 3 is 2.32 bits per heavy atom. The third-order valence-electron chi connectivity index (χ3n) is 4.58. The summed E-state index contributed by atoms with van der Waals surface area (Å²) in [6, 6.07) is 14.0. The fraction of sp³-hybridized carbons (Fsp3) is 0.316. The largest absolute Gasteiger partial charge is 0.351 e. The summed E-state index contributed by atoms with van der Waals surface area (Å²) in [6.45, 7) is 2.34. The smallest absolute Gasteiger partial charge is 0.243 e. The molecule has 0 aliphatic carbocycles. The van der Waals surface area contributed by atoms with Crippen LogP contribution < -0.4 is 5.32 Å². The van der Waals surface area contributed by atoms with E-state index in [1.165, 1.54) is 4.31 Å². The van der Waals surface area contributed by atoms with Crippen LogP contribution in [0.5, 0.6) is 0 Å². The fourth-order valence-corrected chi connectivity index (χ4v) is 4.87. The SMILES string of the molecule is O=C(CN1CCN(S(=O)(=O)c2ccc(Br)cc2)CC1)NCc1ccccc1Cl. The quantitative estimate of drug-likeness (QED) is 0.682. The topological polar surface area (TPSA) is 69.7 Å². The third kappa shape index (κ3) is 5.33. The van der Waals surface area contributed by atoms with Crippen LogP contribution in [0.2, 0.25) is 5.02 Å². The average molecular weight is 487 g/mol. The number of hydrogen-bond donors (Lipinski definition) is 1. The molecule has 0 saturated carbocycles. The monoisotopic (exact) mass is 485 g/mol. The van der Waals surface area contributed by atoms with Crippen LogP contribution in [0.25, 0.3) is 0 Å². The lowest BCUT2D eigenvalue weighted by Gasteiger charge is -2.33. The number of amides is 1. The lowest BCUT2D eigenvalue weighted by atomic mass is 10.2. The molecule has 2 aromatic carbocycles. The molecular weight excluding hydrogens is 466 g/mol. The van der Waals surface area contributed by atoms with Crippen molar-refractivity contribution in [2.45, 2.75) is 11.4 Å². The van der Waals surface area contributed by atoms with Gasteiger partial charge in [-0.25, -0.2) is 8.42 Å². The van der Waals surface area contributed by atoms with Gasteiger partial charge in [-0.2, -0.15) is 4.31 Å². The summed E-state index contributed by atoms with van der Waals surface area (Å²) in [4.78, 5) is 14.4. The summed E-state index contributed by atoms with van der Waals surface area (Å²) in [5.74, 6) is -0.107. The zero-order valence-electron chi connectivity index (χ0n) is 15.1. The van der Waals surface area contributed by atoms with Crippen LogP contribution in [-0.2, 0) is 21.4 Å². The molecule has 1 saturated heterocycles. The van der Waals surface area contributed by atoms with E-state index in [1.807, 2.05) is 23.1 Å². The molecule has 2 aromatic rings. The minimum absolute atomic E-state index is 0.107. The van der Waals surface area contributed by atoms with Gasteiger partial charge in [0.1, 0.15) is 0 Å². The first-order chi connectivity index (χ1) is 13.4. The number of nitrogens with zero attached hydrogens (tertiary/aromatic N) is 2. The van der Waals surface area contributed by atoms with Crippen molar-refractivity contribution in [3.63, 3.8) is 0 Å². The molecule has 0 radical (unpaired) electrons. The van der Waals surface area contributed by atoms with Gasteiger partial charge in [-0.05, 0) is 35.9 Å². The molecule has 0 unspecified atom stereocenters. The maximum Gasteiger partial charge on any atom is 0.243 e. The third-order valence-corrected chi connectivity index (χ3v) is 7.39. The zero-order valence-corrected chi connectivity index (χ0v) is 18.3. The van der Waals surface area contributed by atoms with Gasteiger partial charge in [0, 0.05) is 42.2 Å². The first-order valence-electron chi connectivity index (χ1n) is 8.84. The van der Waals surface area contributed by atoms with E-state index < -0.39 is 10.0 Å². The van der Waals surface area contributed by atoms with Crippen molar-refractivity contribution >= 4 is 43.5 Å². The van der Waals surface area contributed by atoms with Crippen LogP contribution >= 0.6 is 27.5 Å². The Hall–Kier alpha value is -1.45. The molecule has 1 aliphatic rings. The molecule has 1 amide bonds. The van der Waals surface area contributed by atoms with Crippen LogP contribution in [0.3, 0.4) is 0 Å². The highest BCUT2D eigenvalue weighted by molar-refractivity contribution is 9.10. The predicted molar refractivity (Wildman–Crippen MR) is 113 cm³/mol. The van der Waals surface area contributed by atoms with E-state index in [-0.39, 0.29) is 17.3 Å². The van der Waals surface area contributed by atoms with E-state index in [0.717, 1.165) is 10.0 Å². The lowest BCUT2D eigenvalue weighted by molar-refractivity contribution is -0.122. The Morgan fingerprint density at radius 1 is 1.04 bits per heavy atom. The number of benzene rings is 2. The van der Waals surface area contributed by atoms with Gasteiger partial charge in [0.25, 0.3) is 0 Å². The summed E-state index contributed by atoms with van der Waals surface area (Å²) in [5.41, 5.74) is 0.864. The molecule has 0 atom stereocenters. The van der Waals surface area contributed by atoms with Gasteiger partial charge < -0.3 is 5.32 Å². The first-order valence-corrected chi connectivity index (χ1v) is 11.5. The number of piperazine rings is 1. The summed E-state index contributed by atoms with van der Waals surface area (Å²) in [6.07, 6.45) is 0. The van der Waals surface area contributed by atoms with Crippen LogP contribution in [0.1, 0.15) is 5.56 Å². The molecule has 0 spiro atoms. The van der Waals surface area contributed by atoms with Gasteiger partial charge in [0.05, 0.1) is 11.4 Å². The van der Waals surface area contributed by atoms with Gasteiger partial charge >= 0.3 is 0 Å². The summed E-state index contributed by atoms with van der Waals surface area (Å²) < 4.78 is 27.7. The first kappa shape index (κ1) is 21.3. The van der Waals surface area contributed by atoms with Crippen LogP contribution in [-0.4, -0.2) is 56.3 Å². The second kappa shape index (κ2) is 9.37. The number of carbonyl (C=O) groups excluding carboxylic acids is 1. The van der Waals surface area contributed by atoms with Crippen LogP contribution in [0.4, 0.5) is 0 Å². The second-order valence-electron chi connectivity index (χ2n) is 6.50. The maximum atomic E-state index is 12.7. The molecular formula is C19H21BrClN3O3S. The van der Waals surface area contributed by atoms with Gasteiger partial charge in [0.15, 0.2) is 0 Å². The number of carbonyl (C=O) groups is 1. The van der Waals surface area contributed by atoms with Gasteiger partial charge in [-0.1, -0.05) is 45.7 Å². The Kier molecular flexibility index (Phi) is 7.11. The van der Waals surface area contributed by atoms with Crippen molar-refractivity contribution in [1.29, 1.82) is 0 Å². The van der Waals surface area contributed by atoms with Crippen molar-refractivity contribution in [2.75, 3.05) is 32.7 Å². The normalized spacial score (nSPS) is 16.1. The molecule has 6 nitrogen and oxygen atoms in total. The number of hydrogen-bond acceptors (Lipinski definition) is 4. The summed E-state index contributed by atoms with van der Waals surface area (Å²) in [5, 5.41) is 3.48. The van der Waals surface area contributed by atoms with Crippen molar-refractivity contribution in [2.24, 2.45) is 0 Å². The molecule has 1 heterocycles. The molecule has 1 N–H and O–H groups in total. The Labute approximate surface area is 178 Å². The number of nitrogens with one attached hydrogen (secondary N) is 1. The minimum Gasteiger partial charge on any atom is -0.351 e. The fourth-order valence-electron chi connectivity index (χ4n) is 2.98. The van der Waals surface area contributed by atoms with Crippen LogP contribution in [0.15, 0.2) is 57.9 Å². The molecule has 150 valence electrons. The van der Waals surface area contributed by atoms with Gasteiger partial charge in [0.2, 0.25) is 15.9 Å². The molecule has 1 aliphatic heterocycles. The highest BCUT2D eigenvalue weighted by Crippen LogP contribution is 2.20. The van der Waals surface area contributed by atoms with E-state index in [1.54, 1.807) is 30.3 Å². The van der Waals surface area contributed by atoms with Crippen molar-refractivity contribution < 1.29 is 13.2 Å². The lowest BCUT2D eigenvalue weighted by Crippen LogP contribution is -2.50. The van der Waals surface area contributed by atoms with E-state index >= 15 is 0 Å². The second-order valence-corrected chi connectivity index (χ2v) is 9.76. The molecule has 3 rings (SSSR count). The van der Waals surface area contributed by atoms with Crippen LogP contribution in [0, 0.1) is 0 Å². The summed E-state index contributed by atoms with van der Waals surface area (Å²) >= 11 is 9.40. The van der Waals surface area contributed by atoms with Crippen molar-refractivity contribution in [1.82, 2.24) is 14.5 Å². The van der Waals surface area contributed by atoms with Gasteiger partial charge in [-0.15, -0.1) is 0 Å². The number of rotatable bonds is 6. The zero-order chi connectivity index (χ0) is 20.1. The molecule has 1 fully saturated rings. The Balaban J connectivity index is 1.49. The molecule has 0 bridgehead atoms. The van der Waals surface area contributed by atoms with E-state index in [2.05, 4.69) is 21.2 Å². The van der Waals surface area contributed by atoms with E-state index in [4.69, 9.17) is 11.6 Å². The highest BCUT2D eigenvalue weighted by atomic mass is 79.9. The Morgan fingerprint density at radius 2 is 1.68 bits per heavy atom. The molecule has 9 heteroatoms. The summed E-state index contributed by atoms with van der Waals surface area (Å²) in [7, 11) is -3.51. The number of halogens is 2. The average Bonchev–Trinajstić information content (AvgIpc) is 2.68. The highest BCUT2D eigenvalue weighted by Gasteiger charge is 2.28. The van der Waals surface area contributed by atoms with E-state index in [9.17, 15) is 13.2 Å². The molecule has 28 heavy (non-hydrogen) atoms.